The van der Waals surface area contributed by atoms with Crippen molar-refractivity contribution in [3.63, 3.8) is 0 Å². The van der Waals surface area contributed by atoms with Crippen molar-refractivity contribution < 1.29 is 22.5 Å². The summed E-state index contributed by atoms with van der Waals surface area (Å²) < 4.78 is 45.0. The molecule has 0 saturated carbocycles. The third-order valence-corrected chi connectivity index (χ3v) is 5.24. The third-order valence-electron chi connectivity index (χ3n) is 5.24. The maximum absolute atomic E-state index is 12.8. The molecule has 3 aromatic heterocycles. The highest BCUT2D eigenvalue weighted by molar-refractivity contribution is 6.24. The van der Waals surface area contributed by atoms with Gasteiger partial charge in [0.15, 0.2) is 5.82 Å². The molecule has 0 bridgehead atoms. The Morgan fingerprint density at radius 1 is 1.34 bits per heavy atom. The van der Waals surface area contributed by atoms with Gasteiger partial charge in [0.1, 0.15) is 28.9 Å². The molecule has 184 valence electrons. The lowest BCUT2D eigenvalue weighted by atomic mass is 9.86. The van der Waals surface area contributed by atoms with E-state index in [1.165, 1.54) is 30.8 Å². The molecule has 0 aliphatic carbocycles. The average Bonchev–Trinajstić information content (AvgIpc) is 3.36. The van der Waals surface area contributed by atoms with Gasteiger partial charge in [-0.25, -0.2) is 4.68 Å². The number of hydrogen-bond acceptors (Lipinski definition) is 7. The van der Waals surface area contributed by atoms with Gasteiger partial charge in [-0.1, -0.05) is 31.6 Å². The Kier molecular flexibility index (Phi) is 6.73. The van der Waals surface area contributed by atoms with Crippen LogP contribution >= 0.6 is 0 Å². The Morgan fingerprint density at radius 2 is 2.03 bits per heavy atom. The Labute approximate surface area is 199 Å². The number of nitrogens with one attached hydrogen (secondary N) is 1. The zero-order valence-corrected chi connectivity index (χ0v) is 19.6. The van der Waals surface area contributed by atoms with Crippen LogP contribution in [0, 0.1) is 11.3 Å². The molecule has 0 saturated heterocycles. The molecule has 0 aromatic carbocycles. The van der Waals surface area contributed by atoms with Crippen LogP contribution in [0.1, 0.15) is 57.0 Å². The van der Waals surface area contributed by atoms with E-state index in [1.807, 2.05) is 19.9 Å². The first-order valence-corrected chi connectivity index (χ1v) is 10.5. The lowest BCUT2D eigenvalue weighted by molar-refractivity contribution is -0.147. The fraction of sp³-hybridized carbons (Fsp3) is 0.348. The predicted molar refractivity (Wildman–Crippen MR) is 123 cm³/mol. The summed E-state index contributed by atoms with van der Waals surface area (Å²) in [4.78, 5) is 16.9. The van der Waals surface area contributed by atoms with Crippen molar-refractivity contribution in [2.24, 2.45) is 0 Å². The van der Waals surface area contributed by atoms with Gasteiger partial charge >= 0.3 is 6.18 Å². The number of pyridine rings is 1. The van der Waals surface area contributed by atoms with Crippen LogP contribution in [0.4, 0.5) is 24.8 Å². The van der Waals surface area contributed by atoms with E-state index in [0.717, 1.165) is 0 Å². The largest absolute Gasteiger partial charge is 0.390 e. The zero-order chi connectivity index (χ0) is 26.1. The fourth-order valence-electron chi connectivity index (χ4n) is 3.41. The molecule has 0 unspecified atom stereocenters. The molecule has 0 aliphatic heterocycles. The number of carbonyl (C=O) groups is 1. The van der Waals surface area contributed by atoms with Gasteiger partial charge in [0, 0.05) is 34.9 Å². The number of nitrogen functional groups attached to an aromatic ring is 1. The highest BCUT2D eigenvalue weighted by Crippen LogP contribution is 2.37. The van der Waals surface area contributed by atoms with E-state index in [-0.39, 0.29) is 34.6 Å². The Balaban J connectivity index is 1.75. The van der Waals surface area contributed by atoms with Crippen LogP contribution in [0.5, 0.6) is 0 Å². The Morgan fingerprint density at radius 3 is 2.57 bits per heavy atom. The number of nitriles is 1. The second kappa shape index (κ2) is 9.25. The molecule has 35 heavy (non-hydrogen) atoms. The number of anilines is 2. The molecule has 3 N–H and O–H groups in total. The summed E-state index contributed by atoms with van der Waals surface area (Å²) in [6, 6.07) is 6.38. The van der Waals surface area contributed by atoms with Crippen LogP contribution in [0.2, 0.25) is 0 Å². The second-order valence-electron chi connectivity index (χ2n) is 8.88. The average molecular weight is 487 g/mol. The molecule has 0 spiro atoms. The molecular weight excluding hydrogens is 463 g/mol. The van der Waals surface area contributed by atoms with Crippen molar-refractivity contribution in [3.05, 3.63) is 47.9 Å². The van der Waals surface area contributed by atoms with E-state index in [0.29, 0.717) is 17.0 Å². The van der Waals surface area contributed by atoms with Gasteiger partial charge in [-0.2, -0.15) is 23.5 Å². The minimum absolute atomic E-state index is 0.0184. The molecule has 1 amide bonds. The first kappa shape index (κ1) is 25.5. The summed E-state index contributed by atoms with van der Waals surface area (Å²) in [6.07, 6.45) is -4.11. The number of carbonyl (C=O) groups excluding carboxylic acids is 1. The molecule has 0 radical (unpaired) electrons. The Bertz CT molecular complexity index is 1300. The number of nitrogens with two attached hydrogens (primary N) is 1. The van der Waals surface area contributed by atoms with Gasteiger partial charge in [-0.05, 0) is 19.9 Å². The van der Waals surface area contributed by atoms with E-state index in [4.69, 9.17) is 10.3 Å². The zero-order valence-electron chi connectivity index (χ0n) is 19.6. The summed E-state index contributed by atoms with van der Waals surface area (Å²) in [7, 11) is 0. The van der Waals surface area contributed by atoms with Crippen molar-refractivity contribution in [2.75, 3.05) is 11.1 Å². The molecule has 0 atom stereocenters. The minimum atomic E-state index is -4.39. The SMILES string of the molecule is C=C(C(=O)Nc1cc(C(C)(C)CC(F)(F)F)on1)c1ccc(-c2nn(C(C)C)c(N)c2C#N)nc1. The first-order valence-electron chi connectivity index (χ1n) is 10.5. The van der Waals surface area contributed by atoms with Crippen molar-refractivity contribution in [1.29, 1.82) is 5.26 Å². The van der Waals surface area contributed by atoms with Crippen molar-refractivity contribution in [3.8, 4) is 17.5 Å². The van der Waals surface area contributed by atoms with Crippen LogP contribution < -0.4 is 11.1 Å². The highest BCUT2D eigenvalue weighted by Gasteiger charge is 2.40. The number of amides is 1. The summed E-state index contributed by atoms with van der Waals surface area (Å²) in [5.41, 5.74) is 5.97. The summed E-state index contributed by atoms with van der Waals surface area (Å²) in [5.74, 6) is -0.467. The van der Waals surface area contributed by atoms with E-state index >= 15 is 0 Å². The number of aromatic nitrogens is 4. The summed E-state index contributed by atoms with van der Waals surface area (Å²) in [6.45, 7) is 10.2. The van der Waals surface area contributed by atoms with Crippen LogP contribution in [0.25, 0.3) is 17.0 Å². The normalized spacial score (nSPS) is 12.0. The van der Waals surface area contributed by atoms with Crippen LogP contribution in [0.15, 0.2) is 35.5 Å². The number of rotatable bonds is 7. The van der Waals surface area contributed by atoms with Crippen molar-refractivity contribution in [2.45, 2.75) is 51.7 Å². The molecule has 0 aliphatic rings. The standard InChI is InChI=1S/C23H24F3N7O2/c1-12(2)33-20(28)15(9-27)19(31-33)16-7-6-14(10-29-16)13(3)21(34)30-18-8-17(35-32-18)22(4,5)11-23(24,25)26/h6-8,10,12H,3,11,28H2,1-2,4-5H3,(H,30,32,34). The molecule has 9 nitrogen and oxygen atoms in total. The molecular formula is C23H24F3N7O2. The van der Waals surface area contributed by atoms with Crippen molar-refractivity contribution in [1.82, 2.24) is 19.9 Å². The Hall–Kier alpha value is -4.14. The molecule has 3 rings (SSSR count). The van der Waals surface area contributed by atoms with E-state index in [9.17, 15) is 23.2 Å². The van der Waals surface area contributed by atoms with Crippen molar-refractivity contribution >= 4 is 23.1 Å². The van der Waals surface area contributed by atoms with E-state index in [1.54, 1.807) is 12.1 Å². The topological polar surface area (TPSA) is 136 Å². The molecule has 3 heterocycles. The van der Waals surface area contributed by atoms with Gasteiger partial charge in [0.25, 0.3) is 5.91 Å². The number of nitrogens with zero attached hydrogens (tertiary/aromatic N) is 5. The van der Waals surface area contributed by atoms with Gasteiger partial charge in [-0.3, -0.25) is 9.78 Å². The van der Waals surface area contributed by atoms with E-state index in [2.05, 4.69) is 27.1 Å². The maximum Gasteiger partial charge on any atom is 0.390 e. The lowest BCUT2D eigenvalue weighted by Gasteiger charge is -2.22. The number of halogens is 3. The fourth-order valence-corrected chi connectivity index (χ4v) is 3.41. The number of hydrogen-bond donors (Lipinski definition) is 2. The first-order chi connectivity index (χ1) is 16.2. The quantitative estimate of drug-likeness (QED) is 0.455. The van der Waals surface area contributed by atoms with Crippen LogP contribution in [0.3, 0.4) is 0 Å². The molecule has 3 aromatic rings. The highest BCUT2D eigenvalue weighted by atomic mass is 19.4. The minimum Gasteiger partial charge on any atom is -0.383 e. The summed E-state index contributed by atoms with van der Waals surface area (Å²) >= 11 is 0. The smallest absolute Gasteiger partial charge is 0.383 e. The van der Waals surface area contributed by atoms with Gasteiger partial charge < -0.3 is 15.6 Å². The second-order valence-corrected chi connectivity index (χ2v) is 8.88. The molecule has 0 fully saturated rings. The lowest BCUT2D eigenvalue weighted by Crippen LogP contribution is -2.25. The van der Waals surface area contributed by atoms with Gasteiger partial charge in [0.05, 0.1) is 12.1 Å². The molecule has 12 heteroatoms. The van der Waals surface area contributed by atoms with Gasteiger partial charge in [-0.15, -0.1) is 0 Å². The third kappa shape index (κ3) is 5.51. The van der Waals surface area contributed by atoms with Gasteiger partial charge in [0.2, 0.25) is 0 Å². The summed E-state index contributed by atoms with van der Waals surface area (Å²) in [5, 5.41) is 19.9. The monoisotopic (exact) mass is 487 g/mol. The maximum atomic E-state index is 12.8. The number of alkyl halides is 3. The van der Waals surface area contributed by atoms with Crippen LogP contribution in [-0.2, 0) is 10.2 Å². The predicted octanol–water partition coefficient (Wildman–Crippen LogP) is 4.85. The van der Waals surface area contributed by atoms with E-state index < -0.39 is 23.9 Å². The van der Waals surface area contributed by atoms with Crippen LogP contribution in [-0.4, -0.2) is 32.0 Å².